The van der Waals surface area contributed by atoms with Gasteiger partial charge in [0.25, 0.3) is 10.2 Å². The first-order chi connectivity index (χ1) is 12.4. The number of benzene rings is 1. The summed E-state index contributed by atoms with van der Waals surface area (Å²) in [5, 5.41) is 0.586. The van der Waals surface area contributed by atoms with Crippen LogP contribution >= 0.6 is 11.6 Å². The Morgan fingerprint density at radius 3 is 2.65 bits per heavy atom. The van der Waals surface area contributed by atoms with Crippen LogP contribution in [0.4, 0.5) is 0 Å². The summed E-state index contributed by atoms with van der Waals surface area (Å²) in [6.07, 6.45) is 3.81. The van der Waals surface area contributed by atoms with Crippen molar-refractivity contribution in [2.24, 2.45) is 0 Å². The number of amides is 1. The molecular weight excluding hydrogens is 374 g/mol. The summed E-state index contributed by atoms with van der Waals surface area (Å²) in [5.41, 5.74) is 0.846. The van der Waals surface area contributed by atoms with E-state index in [1.54, 1.807) is 12.1 Å². The summed E-state index contributed by atoms with van der Waals surface area (Å²) >= 11 is 6.00. The molecule has 26 heavy (non-hydrogen) atoms. The number of likely N-dealkylation sites (tertiary alicyclic amines) is 1. The maximum Gasteiger partial charge on any atom is 0.282 e. The van der Waals surface area contributed by atoms with Crippen LogP contribution in [0.1, 0.15) is 38.2 Å². The highest BCUT2D eigenvalue weighted by atomic mass is 35.5. The van der Waals surface area contributed by atoms with Gasteiger partial charge in [0.05, 0.1) is 6.54 Å². The van der Waals surface area contributed by atoms with E-state index in [9.17, 15) is 13.2 Å². The third-order valence-electron chi connectivity index (χ3n) is 5.15. The van der Waals surface area contributed by atoms with Gasteiger partial charge in [-0.3, -0.25) is 4.79 Å². The molecule has 8 heteroatoms. The lowest BCUT2D eigenvalue weighted by Gasteiger charge is -2.38. The molecule has 2 aliphatic rings. The summed E-state index contributed by atoms with van der Waals surface area (Å²) in [5.74, 6) is -0.0922. The predicted octanol–water partition coefficient (Wildman–Crippen LogP) is 2.49. The van der Waals surface area contributed by atoms with Gasteiger partial charge in [-0.15, -0.1) is 0 Å². The van der Waals surface area contributed by atoms with Gasteiger partial charge in [-0.05, 0) is 50.3 Å². The number of rotatable bonds is 4. The number of carbonyl (C=O) groups excluding carboxylic acids is 1. The molecule has 0 spiro atoms. The molecule has 3 rings (SSSR count). The minimum Gasteiger partial charge on any atom is -0.339 e. The minimum absolute atomic E-state index is 0.0707. The second-order valence-corrected chi connectivity index (χ2v) is 9.46. The largest absolute Gasteiger partial charge is 0.339 e. The number of halogens is 1. The molecule has 1 aromatic carbocycles. The molecule has 0 aliphatic carbocycles. The van der Waals surface area contributed by atoms with Gasteiger partial charge in [0, 0.05) is 37.2 Å². The van der Waals surface area contributed by atoms with Crippen LogP contribution in [-0.4, -0.2) is 60.1 Å². The third kappa shape index (κ3) is 4.39. The van der Waals surface area contributed by atoms with Crippen molar-refractivity contribution in [2.75, 3.05) is 26.2 Å². The number of hydrogen-bond acceptors (Lipinski definition) is 3. The van der Waals surface area contributed by atoms with Crippen molar-refractivity contribution in [3.8, 4) is 0 Å². The van der Waals surface area contributed by atoms with Gasteiger partial charge in [0.15, 0.2) is 0 Å². The van der Waals surface area contributed by atoms with Gasteiger partial charge >= 0.3 is 0 Å². The zero-order valence-electron chi connectivity index (χ0n) is 15.1. The van der Waals surface area contributed by atoms with Crippen molar-refractivity contribution in [2.45, 2.75) is 45.2 Å². The maximum absolute atomic E-state index is 13.0. The third-order valence-corrected chi connectivity index (χ3v) is 7.31. The Morgan fingerprint density at radius 2 is 1.92 bits per heavy atom. The average Bonchev–Trinajstić information content (AvgIpc) is 2.59. The van der Waals surface area contributed by atoms with E-state index in [0.29, 0.717) is 24.5 Å². The van der Waals surface area contributed by atoms with Crippen molar-refractivity contribution >= 4 is 27.7 Å². The normalized spacial score (nSPS) is 24.5. The van der Waals surface area contributed by atoms with Crippen LogP contribution in [0.15, 0.2) is 24.3 Å². The Morgan fingerprint density at radius 1 is 1.15 bits per heavy atom. The van der Waals surface area contributed by atoms with Crippen LogP contribution in [0.5, 0.6) is 0 Å². The van der Waals surface area contributed by atoms with Crippen molar-refractivity contribution in [1.29, 1.82) is 0 Å². The van der Waals surface area contributed by atoms with E-state index < -0.39 is 10.2 Å². The number of piperidine rings is 1. The van der Waals surface area contributed by atoms with E-state index in [-0.39, 0.29) is 25.0 Å². The molecule has 1 aromatic rings. The van der Waals surface area contributed by atoms with Crippen LogP contribution in [0, 0.1) is 0 Å². The lowest BCUT2D eigenvalue weighted by molar-refractivity contribution is -0.134. The van der Waals surface area contributed by atoms with E-state index in [0.717, 1.165) is 31.4 Å². The van der Waals surface area contributed by atoms with Gasteiger partial charge < -0.3 is 4.90 Å². The Kier molecular flexibility index (Phi) is 6.22. The first-order valence-electron chi connectivity index (χ1n) is 9.17. The molecule has 0 radical (unpaired) electrons. The summed E-state index contributed by atoms with van der Waals surface area (Å²) in [6.45, 7) is 3.81. The molecule has 2 saturated heterocycles. The molecule has 0 aromatic heterocycles. The molecule has 1 amide bonds. The zero-order valence-corrected chi connectivity index (χ0v) is 16.7. The molecule has 2 aliphatic heterocycles. The fourth-order valence-corrected chi connectivity index (χ4v) is 5.53. The lowest BCUT2D eigenvalue weighted by Crippen LogP contribution is -2.54. The SMILES string of the molecule is C[C@H]1CCCCN1C(=O)CN1CCCN(Cc2cccc(Cl)c2)S1(=O)=O. The highest BCUT2D eigenvalue weighted by Gasteiger charge is 2.36. The fraction of sp³-hybridized carbons (Fsp3) is 0.611. The van der Waals surface area contributed by atoms with Crippen LogP contribution in [0.2, 0.25) is 5.02 Å². The standard InChI is InChI=1S/C18H26ClN3O3S/c1-15-6-2-3-11-22(15)18(23)14-21-10-5-9-20(26(21,24)25)13-16-7-4-8-17(19)12-16/h4,7-8,12,15H,2-3,5-6,9-11,13-14H2,1H3/t15-/m0/s1. The van der Waals surface area contributed by atoms with E-state index in [1.807, 2.05) is 24.0 Å². The molecule has 0 bridgehead atoms. The minimum atomic E-state index is -3.65. The van der Waals surface area contributed by atoms with Gasteiger partial charge in [-0.1, -0.05) is 23.7 Å². The number of hydrogen-bond donors (Lipinski definition) is 0. The smallest absolute Gasteiger partial charge is 0.282 e. The molecular formula is C18H26ClN3O3S. The van der Waals surface area contributed by atoms with Crippen molar-refractivity contribution in [1.82, 2.24) is 13.5 Å². The van der Waals surface area contributed by atoms with Crippen molar-refractivity contribution in [3.05, 3.63) is 34.9 Å². The Labute approximate surface area is 160 Å². The number of carbonyl (C=O) groups is 1. The monoisotopic (exact) mass is 399 g/mol. The van der Waals surface area contributed by atoms with Gasteiger partial charge in [-0.25, -0.2) is 0 Å². The first-order valence-corrected chi connectivity index (χ1v) is 10.9. The maximum atomic E-state index is 13.0. The van der Waals surface area contributed by atoms with Crippen LogP contribution in [-0.2, 0) is 21.5 Å². The number of nitrogens with zero attached hydrogens (tertiary/aromatic N) is 3. The van der Waals surface area contributed by atoms with Crippen molar-refractivity contribution in [3.63, 3.8) is 0 Å². The molecule has 1 atom stereocenters. The summed E-state index contributed by atoms with van der Waals surface area (Å²) in [7, 11) is -3.65. The summed E-state index contributed by atoms with van der Waals surface area (Å²) in [4.78, 5) is 14.5. The molecule has 144 valence electrons. The van der Waals surface area contributed by atoms with Crippen molar-refractivity contribution < 1.29 is 13.2 Å². The van der Waals surface area contributed by atoms with Gasteiger partial charge in [-0.2, -0.15) is 17.0 Å². The first kappa shape index (κ1) is 19.6. The fourth-order valence-electron chi connectivity index (χ4n) is 3.69. The predicted molar refractivity (Wildman–Crippen MR) is 102 cm³/mol. The highest BCUT2D eigenvalue weighted by Crippen LogP contribution is 2.22. The van der Waals surface area contributed by atoms with E-state index in [2.05, 4.69) is 0 Å². The second-order valence-electron chi connectivity index (χ2n) is 7.09. The lowest BCUT2D eigenvalue weighted by atomic mass is 10.0. The Bertz CT molecular complexity index is 756. The average molecular weight is 400 g/mol. The zero-order chi connectivity index (χ0) is 18.7. The van der Waals surface area contributed by atoms with E-state index >= 15 is 0 Å². The highest BCUT2D eigenvalue weighted by molar-refractivity contribution is 7.86. The Balaban J connectivity index is 1.69. The quantitative estimate of drug-likeness (QED) is 0.781. The van der Waals surface area contributed by atoms with Crippen LogP contribution in [0.3, 0.4) is 0 Å². The van der Waals surface area contributed by atoms with Gasteiger partial charge in [0.1, 0.15) is 0 Å². The second kappa shape index (κ2) is 8.25. The Hall–Kier alpha value is -1.15. The molecule has 0 saturated carbocycles. The summed E-state index contributed by atoms with van der Waals surface area (Å²) in [6, 6.07) is 7.40. The summed E-state index contributed by atoms with van der Waals surface area (Å²) < 4.78 is 28.7. The molecule has 6 nitrogen and oxygen atoms in total. The molecule has 0 N–H and O–H groups in total. The van der Waals surface area contributed by atoms with E-state index in [4.69, 9.17) is 11.6 Å². The molecule has 2 heterocycles. The van der Waals surface area contributed by atoms with E-state index in [1.165, 1.54) is 8.61 Å². The van der Waals surface area contributed by atoms with Gasteiger partial charge in [0.2, 0.25) is 5.91 Å². The molecule has 2 fully saturated rings. The van der Waals surface area contributed by atoms with Crippen LogP contribution < -0.4 is 0 Å². The van der Waals surface area contributed by atoms with Crippen LogP contribution in [0.25, 0.3) is 0 Å². The molecule has 0 unspecified atom stereocenters. The topological polar surface area (TPSA) is 60.9 Å².